The quantitative estimate of drug-likeness (QED) is 0.156. The van der Waals surface area contributed by atoms with Gasteiger partial charge in [-0.1, -0.05) is 60.7 Å². The molecule has 0 saturated carbocycles. The second-order valence-electron chi connectivity index (χ2n) is 10.4. The zero-order valence-corrected chi connectivity index (χ0v) is 25.0. The van der Waals surface area contributed by atoms with Gasteiger partial charge in [-0.15, -0.1) is 11.3 Å². The number of hydrogen-bond acceptors (Lipinski definition) is 7. The number of nitrogens with zero attached hydrogens (tertiary/aromatic N) is 2. The fraction of sp³-hybridized carbons (Fsp3) is 0.0556. The molecule has 3 N–H and O–H groups in total. The van der Waals surface area contributed by atoms with Crippen molar-refractivity contribution in [1.29, 1.82) is 0 Å². The zero-order chi connectivity index (χ0) is 31.6. The summed E-state index contributed by atoms with van der Waals surface area (Å²) in [5, 5.41) is 18.8. The Hall–Kier alpha value is -6.00. The lowest BCUT2D eigenvalue weighted by molar-refractivity contribution is -0.140. The van der Waals surface area contributed by atoms with Gasteiger partial charge in [0.15, 0.2) is 24.7 Å². The van der Waals surface area contributed by atoms with Crippen molar-refractivity contribution in [3.05, 3.63) is 108 Å². The van der Waals surface area contributed by atoms with Crippen LogP contribution in [0, 0.1) is 0 Å². The lowest BCUT2D eigenvalue weighted by Crippen LogP contribution is -2.12. The molecule has 0 amide bonds. The summed E-state index contributed by atoms with van der Waals surface area (Å²) >= 11 is 1.26. The van der Waals surface area contributed by atoms with E-state index in [4.69, 9.17) is 19.4 Å². The molecule has 7 rings (SSSR count). The van der Waals surface area contributed by atoms with E-state index in [1.165, 1.54) is 11.3 Å². The molecule has 10 heteroatoms. The number of ether oxygens (including phenoxy) is 2. The van der Waals surface area contributed by atoms with Gasteiger partial charge in [-0.05, 0) is 59.7 Å². The highest BCUT2D eigenvalue weighted by Gasteiger charge is 2.20. The second kappa shape index (κ2) is 12.2. The Bertz CT molecular complexity index is 2070. The number of thiophene rings is 1. The van der Waals surface area contributed by atoms with Crippen molar-refractivity contribution in [3.8, 4) is 33.8 Å². The van der Waals surface area contributed by atoms with Crippen LogP contribution in [0.15, 0.2) is 84.9 Å². The van der Waals surface area contributed by atoms with Crippen LogP contribution in [0.25, 0.3) is 67.0 Å². The number of H-pyrrole nitrogens is 1. The molecule has 0 saturated heterocycles. The summed E-state index contributed by atoms with van der Waals surface area (Å²) in [5.41, 5.74) is 8.15. The average molecular weight is 628 g/mol. The largest absolute Gasteiger partial charge is 0.479 e. The second-order valence-corrected chi connectivity index (χ2v) is 11.5. The molecule has 8 bridgehead atoms. The molecule has 2 aromatic carbocycles. The van der Waals surface area contributed by atoms with Crippen LogP contribution in [0.2, 0.25) is 0 Å². The van der Waals surface area contributed by atoms with Gasteiger partial charge in [0, 0.05) is 22.2 Å². The fourth-order valence-electron chi connectivity index (χ4n) is 5.41. The molecule has 9 nitrogen and oxygen atoms in total. The van der Waals surface area contributed by atoms with Crippen LogP contribution in [0.5, 0.6) is 11.5 Å². The number of carbonyl (C=O) groups is 2. The number of aromatic amines is 1. The van der Waals surface area contributed by atoms with Gasteiger partial charge in [-0.3, -0.25) is 0 Å². The lowest BCUT2D eigenvalue weighted by atomic mass is 10.0. The van der Waals surface area contributed by atoms with Crippen LogP contribution >= 0.6 is 11.3 Å². The standard InChI is InChI=1S/C36H25N3O6S/c40-31(41)19-44-35-29-17-23-11-13-25(37-23)33(21-7-3-1-4-8-21)27-15-16-28(39-27)34(22-9-5-2-6-10-22)26-14-12-24(38-26)18-30(46-29)36(35)45-20-32(42)43/h1-18,39H,19-20H2,(H,40,41)(H,42,43). The van der Waals surface area contributed by atoms with E-state index in [1.807, 2.05) is 97.1 Å². The molecular weight excluding hydrogens is 602 g/mol. The maximum absolute atomic E-state index is 11.5. The van der Waals surface area contributed by atoms with Crippen molar-refractivity contribution < 1.29 is 29.3 Å². The minimum absolute atomic E-state index is 0.123. The van der Waals surface area contributed by atoms with Crippen molar-refractivity contribution in [1.82, 2.24) is 15.0 Å². The summed E-state index contributed by atoms with van der Waals surface area (Å²) < 4.78 is 12.5. The minimum Gasteiger partial charge on any atom is -0.479 e. The Balaban J connectivity index is 1.61. The van der Waals surface area contributed by atoms with Crippen molar-refractivity contribution in [2.45, 2.75) is 0 Å². The molecule has 0 atom stereocenters. The maximum atomic E-state index is 11.5. The molecule has 0 fully saturated rings. The topological polar surface area (TPSA) is 135 Å². The molecule has 5 heterocycles. The van der Waals surface area contributed by atoms with Gasteiger partial charge in [-0.25, -0.2) is 19.6 Å². The monoisotopic (exact) mass is 627 g/mol. The van der Waals surface area contributed by atoms with E-state index in [0.717, 1.165) is 44.7 Å². The molecule has 0 unspecified atom stereocenters. The Morgan fingerprint density at radius 2 is 1.07 bits per heavy atom. The normalized spacial score (nSPS) is 11.8. The van der Waals surface area contributed by atoms with Crippen LogP contribution < -0.4 is 9.47 Å². The molecule has 3 aromatic heterocycles. The minimum atomic E-state index is -1.18. The number of carboxylic acids is 2. The Labute approximate surface area is 266 Å². The van der Waals surface area contributed by atoms with Crippen LogP contribution in [0.1, 0.15) is 22.8 Å². The van der Waals surface area contributed by atoms with Crippen molar-refractivity contribution >= 4 is 68.0 Å². The number of rotatable bonds is 8. The third-order valence-electron chi connectivity index (χ3n) is 7.30. The highest BCUT2D eigenvalue weighted by molar-refractivity contribution is 7.24. The van der Waals surface area contributed by atoms with Crippen LogP contribution in [0.3, 0.4) is 0 Å². The lowest BCUT2D eigenvalue weighted by Gasteiger charge is -2.07. The smallest absolute Gasteiger partial charge is 0.341 e. The predicted octanol–water partition coefficient (Wildman–Crippen LogP) is 7.65. The van der Waals surface area contributed by atoms with Gasteiger partial charge < -0.3 is 24.7 Å². The molecule has 5 aromatic rings. The predicted molar refractivity (Wildman–Crippen MR) is 180 cm³/mol. The highest BCUT2D eigenvalue weighted by atomic mass is 32.1. The van der Waals surface area contributed by atoms with E-state index in [-0.39, 0.29) is 11.5 Å². The summed E-state index contributed by atoms with van der Waals surface area (Å²) in [4.78, 5) is 36.5. The van der Waals surface area contributed by atoms with Gasteiger partial charge in [-0.2, -0.15) is 0 Å². The van der Waals surface area contributed by atoms with Gasteiger partial charge in [0.2, 0.25) is 0 Å². The van der Waals surface area contributed by atoms with E-state index < -0.39 is 25.2 Å². The first-order chi connectivity index (χ1) is 22.4. The first kappa shape index (κ1) is 28.8. The molecule has 0 radical (unpaired) electrons. The zero-order valence-electron chi connectivity index (χ0n) is 24.1. The molecule has 46 heavy (non-hydrogen) atoms. The fourth-order valence-corrected chi connectivity index (χ4v) is 6.49. The van der Waals surface area contributed by atoms with Gasteiger partial charge in [0.05, 0.1) is 32.2 Å². The third-order valence-corrected chi connectivity index (χ3v) is 8.34. The van der Waals surface area contributed by atoms with Crippen molar-refractivity contribution in [3.63, 3.8) is 0 Å². The first-order valence-corrected chi connectivity index (χ1v) is 15.1. The number of carboxylic acid groups (broad SMARTS) is 2. The molecule has 2 aliphatic rings. The van der Waals surface area contributed by atoms with E-state index >= 15 is 0 Å². The van der Waals surface area contributed by atoms with Gasteiger partial charge in [0.25, 0.3) is 0 Å². The number of hydrogen-bond donors (Lipinski definition) is 3. The molecule has 0 spiro atoms. The average Bonchev–Trinajstić information content (AvgIpc) is 3.86. The SMILES string of the molecule is O=C(O)COc1c(OCC(=O)O)c2cc3nc(c(-c4ccccc4)c4ccc([nH]4)c(-c4ccccc4)c4nc(cc1s2)C=C4)C=C3. The Morgan fingerprint density at radius 1 is 0.630 bits per heavy atom. The maximum Gasteiger partial charge on any atom is 0.341 e. The summed E-state index contributed by atoms with van der Waals surface area (Å²) in [5.74, 6) is -2.12. The van der Waals surface area contributed by atoms with E-state index in [0.29, 0.717) is 20.8 Å². The highest BCUT2D eigenvalue weighted by Crippen LogP contribution is 2.45. The summed E-state index contributed by atoms with van der Waals surface area (Å²) in [6, 6.07) is 27.6. The van der Waals surface area contributed by atoms with E-state index in [9.17, 15) is 19.8 Å². The summed E-state index contributed by atoms with van der Waals surface area (Å²) in [7, 11) is 0. The number of aliphatic carboxylic acids is 2. The Kier molecular flexibility index (Phi) is 7.61. The van der Waals surface area contributed by atoms with Gasteiger partial charge in [0.1, 0.15) is 0 Å². The number of benzene rings is 2. The van der Waals surface area contributed by atoms with Gasteiger partial charge >= 0.3 is 11.9 Å². The molecule has 0 aliphatic carbocycles. The van der Waals surface area contributed by atoms with Crippen LogP contribution in [0.4, 0.5) is 0 Å². The van der Waals surface area contributed by atoms with E-state index in [1.54, 1.807) is 12.1 Å². The Morgan fingerprint density at radius 3 is 1.48 bits per heavy atom. The first-order valence-electron chi connectivity index (χ1n) is 14.3. The van der Waals surface area contributed by atoms with Crippen molar-refractivity contribution in [2.24, 2.45) is 0 Å². The summed E-state index contributed by atoms with van der Waals surface area (Å²) in [6.07, 6.45) is 7.60. The van der Waals surface area contributed by atoms with E-state index in [2.05, 4.69) is 4.98 Å². The summed E-state index contributed by atoms with van der Waals surface area (Å²) in [6.45, 7) is -1.29. The molecule has 226 valence electrons. The van der Waals surface area contributed by atoms with Crippen molar-refractivity contribution in [2.75, 3.05) is 13.2 Å². The number of fused-ring (bicyclic) bond motifs is 8. The van der Waals surface area contributed by atoms with Crippen LogP contribution in [-0.2, 0) is 9.59 Å². The molecule has 2 aliphatic heterocycles. The third kappa shape index (κ3) is 5.76. The molecular formula is C36H25N3O6S. The number of nitrogens with one attached hydrogen (secondary N) is 1. The van der Waals surface area contributed by atoms with Crippen LogP contribution in [-0.4, -0.2) is 50.3 Å². The number of aromatic nitrogens is 3.